The highest BCUT2D eigenvalue weighted by Gasteiger charge is 2.08. The van der Waals surface area contributed by atoms with Crippen molar-refractivity contribution in [1.29, 1.82) is 0 Å². The minimum absolute atomic E-state index is 0.0905. The average molecular weight is 188 g/mol. The van der Waals surface area contributed by atoms with Gasteiger partial charge in [-0.1, -0.05) is 11.6 Å². The van der Waals surface area contributed by atoms with Crippen LogP contribution in [0.25, 0.3) is 10.9 Å². The second kappa shape index (κ2) is 3.14. The molecule has 14 heavy (non-hydrogen) atoms. The molecular formula is C12H16N2. The van der Waals surface area contributed by atoms with Gasteiger partial charge in [-0.05, 0) is 32.0 Å². The van der Waals surface area contributed by atoms with Crippen LogP contribution in [0.15, 0.2) is 24.3 Å². The van der Waals surface area contributed by atoms with E-state index in [2.05, 4.69) is 42.8 Å². The summed E-state index contributed by atoms with van der Waals surface area (Å²) in [5.74, 6) is 0. The van der Waals surface area contributed by atoms with Crippen LogP contribution in [-0.4, -0.2) is 4.57 Å². The Morgan fingerprint density at radius 2 is 2.00 bits per heavy atom. The van der Waals surface area contributed by atoms with E-state index in [4.69, 9.17) is 5.73 Å². The van der Waals surface area contributed by atoms with Gasteiger partial charge in [0.25, 0.3) is 0 Å². The third-order valence-corrected chi connectivity index (χ3v) is 2.70. The number of nitrogens with zero attached hydrogens (tertiary/aromatic N) is 1. The zero-order valence-electron chi connectivity index (χ0n) is 8.91. The fourth-order valence-corrected chi connectivity index (χ4v) is 1.93. The number of hydrogen-bond acceptors (Lipinski definition) is 1. The third kappa shape index (κ3) is 1.32. The number of benzene rings is 1. The molecule has 0 radical (unpaired) electrons. The molecule has 0 aliphatic heterocycles. The topological polar surface area (TPSA) is 30.9 Å². The molecule has 1 aromatic carbocycles. The first-order chi connectivity index (χ1) is 6.59. The van der Waals surface area contributed by atoms with E-state index < -0.39 is 0 Å². The van der Waals surface area contributed by atoms with Crippen molar-refractivity contribution in [1.82, 2.24) is 4.57 Å². The van der Waals surface area contributed by atoms with Crippen molar-refractivity contribution >= 4 is 10.9 Å². The second-order valence-corrected chi connectivity index (χ2v) is 3.98. The molecule has 74 valence electrons. The minimum atomic E-state index is 0.0905. The summed E-state index contributed by atoms with van der Waals surface area (Å²) in [4.78, 5) is 0. The predicted octanol–water partition coefficient (Wildman–Crippen LogP) is 2.51. The van der Waals surface area contributed by atoms with Crippen LogP contribution in [0.3, 0.4) is 0 Å². The Morgan fingerprint density at radius 1 is 1.29 bits per heavy atom. The van der Waals surface area contributed by atoms with Crippen molar-refractivity contribution in [3.8, 4) is 0 Å². The average Bonchev–Trinajstić information content (AvgIpc) is 2.43. The van der Waals surface area contributed by atoms with Crippen LogP contribution < -0.4 is 5.73 Å². The van der Waals surface area contributed by atoms with Gasteiger partial charge in [0, 0.05) is 29.7 Å². The Labute approximate surface area is 84.3 Å². The predicted molar refractivity (Wildman–Crippen MR) is 60.3 cm³/mol. The molecule has 0 amide bonds. The van der Waals surface area contributed by atoms with Crippen molar-refractivity contribution in [2.24, 2.45) is 12.8 Å². The Morgan fingerprint density at radius 3 is 2.64 bits per heavy atom. The molecule has 0 saturated heterocycles. The maximum Gasteiger partial charge on any atom is 0.0480 e. The SMILES string of the molecule is Cc1ccc2c(c1)cc(C(C)N)n2C. The molecule has 1 atom stereocenters. The summed E-state index contributed by atoms with van der Waals surface area (Å²) in [5.41, 5.74) is 9.63. The van der Waals surface area contributed by atoms with Gasteiger partial charge in [0.1, 0.15) is 0 Å². The highest BCUT2D eigenvalue weighted by molar-refractivity contribution is 5.82. The summed E-state index contributed by atoms with van der Waals surface area (Å²) in [6.07, 6.45) is 0. The Kier molecular flexibility index (Phi) is 2.08. The van der Waals surface area contributed by atoms with Crippen LogP contribution in [0.2, 0.25) is 0 Å². The van der Waals surface area contributed by atoms with Crippen LogP contribution in [0.4, 0.5) is 0 Å². The minimum Gasteiger partial charge on any atom is -0.346 e. The van der Waals surface area contributed by atoms with Crippen molar-refractivity contribution < 1.29 is 0 Å². The smallest absolute Gasteiger partial charge is 0.0480 e. The summed E-state index contributed by atoms with van der Waals surface area (Å²) in [6, 6.07) is 8.74. The monoisotopic (exact) mass is 188 g/mol. The van der Waals surface area contributed by atoms with Gasteiger partial charge in [-0.3, -0.25) is 0 Å². The molecule has 0 saturated carbocycles. The van der Waals surface area contributed by atoms with Crippen molar-refractivity contribution in [2.75, 3.05) is 0 Å². The lowest BCUT2D eigenvalue weighted by Crippen LogP contribution is -2.09. The molecule has 0 aliphatic carbocycles. The maximum atomic E-state index is 5.90. The summed E-state index contributed by atoms with van der Waals surface area (Å²) >= 11 is 0. The summed E-state index contributed by atoms with van der Waals surface area (Å²) in [5, 5.41) is 1.28. The van der Waals surface area contributed by atoms with E-state index in [9.17, 15) is 0 Å². The first-order valence-electron chi connectivity index (χ1n) is 4.91. The fraction of sp³-hybridized carbons (Fsp3) is 0.333. The molecule has 0 aliphatic rings. The van der Waals surface area contributed by atoms with Gasteiger partial charge in [0.2, 0.25) is 0 Å². The molecule has 0 bridgehead atoms. The number of aromatic nitrogens is 1. The maximum absolute atomic E-state index is 5.90. The van der Waals surface area contributed by atoms with E-state index in [1.807, 2.05) is 6.92 Å². The second-order valence-electron chi connectivity index (χ2n) is 3.98. The fourth-order valence-electron chi connectivity index (χ4n) is 1.93. The van der Waals surface area contributed by atoms with E-state index in [-0.39, 0.29) is 6.04 Å². The molecule has 2 heteroatoms. The van der Waals surface area contributed by atoms with Gasteiger partial charge >= 0.3 is 0 Å². The Bertz CT molecular complexity index is 466. The lowest BCUT2D eigenvalue weighted by Gasteiger charge is -2.06. The van der Waals surface area contributed by atoms with Crippen LogP contribution >= 0.6 is 0 Å². The van der Waals surface area contributed by atoms with Gasteiger partial charge in [-0.25, -0.2) is 0 Å². The largest absolute Gasteiger partial charge is 0.346 e. The summed E-state index contributed by atoms with van der Waals surface area (Å²) in [7, 11) is 2.07. The number of rotatable bonds is 1. The quantitative estimate of drug-likeness (QED) is 0.732. The highest BCUT2D eigenvalue weighted by atomic mass is 15.0. The number of aryl methyl sites for hydroxylation is 2. The highest BCUT2D eigenvalue weighted by Crippen LogP contribution is 2.22. The standard InChI is InChI=1S/C12H16N2/c1-8-4-5-11-10(6-8)7-12(9(2)13)14(11)3/h4-7,9H,13H2,1-3H3. The molecule has 2 N–H and O–H groups in total. The molecule has 2 nitrogen and oxygen atoms in total. The molecule has 0 spiro atoms. The molecule has 1 unspecified atom stereocenters. The lowest BCUT2D eigenvalue weighted by atomic mass is 10.2. The number of nitrogens with two attached hydrogens (primary N) is 1. The van der Waals surface area contributed by atoms with Gasteiger partial charge in [0.05, 0.1) is 0 Å². The van der Waals surface area contributed by atoms with Crippen LogP contribution in [0, 0.1) is 6.92 Å². The number of hydrogen-bond donors (Lipinski definition) is 1. The van der Waals surface area contributed by atoms with E-state index in [1.54, 1.807) is 0 Å². The van der Waals surface area contributed by atoms with Crippen LogP contribution in [-0.2, 0) is 7.05 Å². The first kappa shape index (κ1) is 9.28. The van der Waals surface area contributed by atoms with E-state index >= 15 is 0 Å². The first-order valence-corrected chi connectivity index (χ1v) is 4.91. The van der Waals surface area contributed by atoms with Crippen molar-refractivity contribution in [2.45, 2.75) is 19.9 Å². The van der Waals surface area contributed by atoms with E-state index in [0.29, 0.717) is 0 Å². The van der Waals surface area contributed by atoms with Crippen molar-refractivity contribution in [3.63, 3.8) is 0 Å². The van der Waals surface area contributed by atoms with E-state index in [1.165, 1.54) is 22.2 Å². The summed E-state index contributed by atoms with van der Waals surface area (Å²) in [6.45, 7) is 4.12. The van der Waals surface area contributed by atoms with Gasteiger partial charge in [-0.15, -0.1) is 0 Å². The lowest BCUT2D eigenvalue weighted by molar-refractivity contribution is 0.726. The molecule has 2 rings (SSSR count). The zero-order valence-corrected chi connectivity index (χ0v) is 8.91. The number of fused-ring (bicyclic) bond motifs is 1. The Balaban J connectivity index is 2.73. The third-order valence-electron chi connectivity index (χ3n) is 2.70. The Hall–Kier alpha value is -1.28. The van der Waals surface area contributed by atoms with Crippen LogP contribution in [0.1, 0.15) is 24.2 Å². The van der Waals surface area contributed by atoms with Gasteiger partial charge in [0.15, 0.2) is 0 Å². The normalized spacial score (nSPS) is 13.4. The summed E-state index contributed by atoms with van der Waals surface area (Å²) < 4.78 is 2.17. The van der Waals surface area contributed by atoms with E-state index in [0.717, 1.165) is 0 Å². The molecule has 1 aromatic heterocycles. The molecule has 1 heterocycles. The van der Waals surface area contributed by atoms with Crippen LogP contribution in [0.5, 0.6) is 0 Å². The molecule has 2 aromatic rings. The van der Waals surface area contributed by atoms with Gasteiger partial charge in [-0.2, -0.15) is 0 Å². The molecular weight excluding hydrogens is 172 g/mol. The van der Waals surface area contributed by atoms with Crippen molar-refractivity contribution in [3.05, 3.63) is 35.5 Å². The zero-order chi connectivity index (χ0) is 10.3. The molecule has 0 fully saturated rings. The van der Waals surface area contributed by atoms with Gasteiger partial charge < -0.3 is 10.3 Å².